The van der Waals surface area contributed by atoms with Crippen molar-refractivity contribution < 1.29 is 9.47 Å². The zero-order chi connectivity index (χ0) is 14.0. The van der Waals surface area contributed by atoms with Gasteiger partial charge in [-0.15, -0.1) is 0 Å². The van der Waals surface area contributed by atoms with Gasteiger partial charge in [0.05, 0.1) is 12.7 Å². The minimum absolute atomic E-state index is 0.107. The molecule has 3 atom stereocenters. The zero-order valence-electron chi connectivity index (χ0n) is 11.6. The van der Waals surface area contributed by atoms with E-state index in [4.69, 9.17) is 9.47 Å². The summed E-state index contributed by atoms with van der Waals surface area (Å²) in [6, 6.07) is 1.67. The predicted molar refractivity (Wildman–Crippen MR) is 72.2 cm³/mol. The van der Waals surface area contributed by atoms with Gasteiger partial charge in [0, 0.05) is 18.2 Å². The van der Waals surface area contributed by atoms with Gasteiger partial charge in [-0.1, -0.05) is 20.4 Å². The topological polar surface area (TPSA) is 53.4 Å². The van der Waals surface area contributed by atoms with Gasteiger partial charge in [0.25, 0.3) is 0 Å². The molecular formula is C14H20N2O3. The molecule has 1 aromatic heterocycles. The summed E-state index contributed by atoms with van der Waals surface area (Å²) in [5, 5.41) is 0. The Hall–Kier alpha value is -1.62. The normalized spacial score (nSPS) is 26.7. The van der Waals surface area contributed by atoms with E-state index in [1.54, 1.807) is 12.3 Å². The van der Waals surface area contributed by atoms with Crippen molar-refractivity contribution >= 4 is 0 Å². The monoisotopic (exact) mass is 264 g/mol. The molecule has 5 nitrogen and oxygen atoms in total. The largest absolute Gasteiger partial charge is 0.478 e. The third-order valence-corrected chi connectivity index (χ3v) is 3.52. The van der Waals surface area contributed by atoms with Crippen molar-refractivity contribution in [1.82, 2.24) is 9.55 Å². The van der Waals surface area contributed by atoms with Gasteiger partial charge < -0.3 is 9.47 Å². The number of nitrogens with zero attached hydrogens (tertiary/aromatic N) is 2. The fourth-order valence-electron chi connectivity index (χ4n) is 2.33. The van der Waals surface area contributed by atoms with Crippen LogP contribution >= 0.6 is 0 Å². The highest BCUT2D eigenvalue weighted by Gasteiger charge is 2.36. The lowest BCUT2D eigenvalue weighted by molar-refractivity contribution is -0.000432. The minimum Gasteiger partial charge on any atom is -0.478 e. The lowest BCUT2D eigenvalue weighted by atomic mass is 9.97. The molecule has 104 valence electrons. The van der Waals surface area contributed by atoms with Crippen LogP contribution in [0.5, 0.6) is 5.88 Å². The molecule has 1 fully saturated rings. The van der Waals surface area contributed by atoms with Crippen molar-refractivity contribution in [3.8, 4) is 5.88 Å². The molecule has 1 aliphatic heterocycles. The molecule has 0 amide bonds. The van der Waals surface area contributed by atoms with Crippen molar-refractivity contribution in [1.29, 1.82) is 0 Å². The second-order valence-corrected chi connectivity index (χ2v) is 4.69. The maximum absolute atomic E-state index is 12.0. The summed E-state index contributed by atoms with van der Waals surface area (Å²) >= 11 is 0. The highest BCUT2D eigenvalue weighted by molar-refractivity contribution is 5.14. The van der Waals surface area contributed by atoms with Crippen molar-refractivity contribution in [2.24, 2.45) is 5.92 Å². The number of rotatable bonds is 4. The molecule has 1 aromatic rings. The molecule has 0 aliphatic carbocycles. The zero-order valence-corrected chi connectivity index (χ0v) is 11.6. The first kappa shape index (κ1) is 13.8. The van der Waals surface area contributed by atoms with E-state index in [1.807, 2.05) is 6.92 Å². The van der Waals surface area contributed by atoms with Gasteiger partial charge in [-0.05, 0) is 18.9 Å². The number of hydrogen-bond donors (Lipinski definition) is 0. The van der Waals surface area contributed by atoms with Gasteiger partial charge in [-0.25, -0.2) is 4.79 Å². The van der Waals surface area contributed by atoms with Crippen molar-refractivity contribution in [3.05, 3.63) is 34.9 Å². The highest BCUT2D eigenvalue weighted by atomic mass is 16.5. The maximum Gasteiger partial charge on any atom is 0.353 e. The highest BCUT2D eigenvalue weighted by Crippen LogP contribution is 2.37. The lowest BCUT2D eigenvalue weighted by Crippen LogP contribution is -2.27. The summed E-state index contributed by atoms with van der Waals surface area (Å²) in [6.45, 7) is 10.5. The Bertz CT molecular complexity index is 524. The Morgan fingerprint density at radius 2 is 2.26 bits per heavy atom. The summed E-state index contributed by atoms with van der Waals surface area (Å²) in [4.78, 5) is 15.9. The first-order chi connectivity index (χ1) is 9.08. The Morgan fingerprint density at radius 1 is 1.53 bits per heavy atom. The Kier molecular flexibility index (Phi) is 4.04. The van der Waals surface area contributed by atoms with E-state index in [2.05, 4.69) is 25.4 Å². The maximum atomic E-state index is 12.0. The van der Waals surface area contributed by atoms with Crippen LogP contribution in [-0.4, -0.2) is 22.3 Å². The molecular weight excluding hydrogens is 244 g/mol. The van der Waals surface area contributed by atoms with E-state index in [0.29, 0.717) is 12.5 Å². The first-order valence-electron chi connectivity index (χ1n) is 6.64. The first-order valence-corrected chi connectivity index (χ1v) is 6.64. The Labute approximate surface area is 112 Å². The van der Waals surface area contributed by atoms with Crippen LogP contribution in [0.3, 0.4) is 0 Å². The standard InChI is InChI=1S/C14H20N2O3/c1-5-11-9(3)10(4)13(19-11)16-8-7-12(18-6-2)15-14(16)17/h7-9,11,13H,4-6H2,1-3H3/t9-,11-,13-/m1/s1. The van der Waals surface area contributed by atoms with Crippen LogP contribution < -0.4 is 10.4 Å². The predicted octanol–water partition coefficient (Wildman–Crippen LogP) is 2.14. The van der Waals surface area contributed by atoms with Crippen molar-refractivity contribution in [2.45, 2.75) is 39.5 Å². The lowest BCUT2D eigenvalue weighted by Gasteiger charge is -2.15. The van der Waals surface area contributed by atoms with Gasteiger partial charge in [-0.2, -0.15) is 4.98 Å². The fraction of sp³-hybridized carbons (Fsp3) is 0.571. The molecule has 1 aliphatic rings. The summed E-state index contributed by atoms with van der Waals surface area (Å²) in [7, 11) is 0. The molecule has 5 heteroatoms. The van der Waals surface area contributed by atoms with Crippen LogP contribution in [0.25, 0.3) is 0 Å². The summed E-state index contributed by atoms with van der Waals surface area (Å²) < 4.78 is 12.6. The van der Waals surface area contributed by atoms with Crippen LogP contribution in [0.4, 0.5) is 0 Å². The van der Waals surface area contributed by atoms with E-state index >= 15 is 0 Å². The van der Waals surface area contributed by atoms with Crippen LogP contribution in [0.2, 0.25) is 0 Å². The SMILES string of the molecule is C=C1[C@@H](C)[C@@H](CC)O[C@H]1n1ccc(OCC)nc1=O. The molecule has 0 N–H and O–H groups in total. The Morgan fingerprint density at radius 3 is 2.79 bits per heavy atom. The molecule has 0 saturated carbocycles. The van der Waals surface area contributed by atoms with E-state index in [0.717, 1.165) is 12.0 Å². The van der Waals surface area contributed by atoms with Crippen molar-refractivity contribution in [3.63, 3.8) is 0 Å². The third kappa shape index (κ3) is 2.56. The van der Waals surface area contributed by atoms with Crippen LogP contribution in [0.1, 0.15) is 33.4 Å². The summed E-state index contributed by atoms with van der Waals surface area (Å²) in [5.74, 6) is 0.584. The van der Waals surface area contributed by atoms with Crippen LogP contribution in [0, 0.1) is 5.92 Å². The third-order valence-electron chi connectivity index (χ3n) is 3.52. The van der Waals surface area contributed by atoms with E-state index in [-0.39, 0.29) is 17.7 Å². The smallest absolute Gasteiger partial charge is 0.353 e. The molecule has 0 radical (unpaired) electrons. The average molecular weight is 264 g/mol. The Balaban J connectivity index is 2.28. The number of aromatic nitrogens is 2. The number of hydrogen-bond acceptors (Lipinski definition) is 4. The van der Waals surface area contributed by atoms with Crippen LogP contribution in [0.15, 0.2) is 29.2 Å². The molecule has 19 heavy (non-hydrogen) atoms. The van der Waals surface area contributed by atoms with Gasteiger partial charge in [0.15, 0.2) is 6.23 Å². The average Bonchev–Trinajstić information content (AvgIpc) is 2.67. The molecule has 2 heterocycles. The fourth-order valence-corrected chi connectivity index (χ4v) is 2.33. The quantitative estimate of drug-likeness (QED) is 0.782. The van der Waals surface area contributed by atoms with E-state index in [9.17, 15) is 4.79 Å². The minimum atomic E-state index is -0.421. The molecule has 2 rings (SSSR count). The van der Waals surface area contributed by atoms with Gasteiger partial charge in [0.1, 0.15) is 0 Å². The van der Waals surface area contributed by atoms with Gasteiger partial charge >= 0.3 is 5.69 Å². The molecule has 1 saturated heterocycles. The molecule has 0 unspecified atom stereocenters. The second kappa shape index (κ2) is 5.57. The van der Waals surface area contributed by atoms with E-state index < -0.39 is 6.23 Å². The number of ether oxygens (including phenoxy) is 2. The van der Waals surface area contributed by atoms with Gasteiger partial charge in [-0.3, -0.25) is 4.57 Å². The van der Waals surface area contributed by atoms with Crippen molar-refractivity contribution in [2.75, 3.05) is 6.61 Å². The van der Waals surface area contributed by atoms with Gasteiger partial charge in [0.2, 0.25) is 5.88 Å². The van der Waals surface area contributed by atoms with Crippen LogP contribution in [-0.2, 0) is 4.74 Å². The molecule has 0 aromatic carbocycles. The summed E-state index contributed by atoms with van der Waals surface area (Å²) in [5.41, 5.74) is 0.543. The summed E-state index contributed by atoms with van der Waals surface area (Å²) in [6.07, 6.45) is 2.24. The second-order valence-electron chi connectivity index (χ2n) is 4.69. The molecule has 0 bridgehead atoms. The van der Waals surface area contributed by atoms with E-state index in [1.165, 1.54) is 4.57 Å². The molecule has 0 spiro atoms.